The average Bonchev–Trinajstić information content (AvgIpc) is 2.71. The van der Waals surface area contributed by atoms with Crippen molar-refractivity contribution in [3.8, 4) is 17.0 Å². The number of aromatic amines is 1. The van der Waals surface area contributed by atoms with Crippen molar-refractivity contribution in [1.29, 1.82) is 0 Å². The SMILES string of the molecule is COc1c(-c2cnn(C)c2)n[nH]c1Cl. The summed E-state index contributed by atoms with van der Waals surface area (Å²) in [5.41, 5.74) is 1.54. The molecule has 0 saturated heterocycles. The Hall–Kier alpha value is -1.49. The topological polar surface area (TPSA) is 55.7 Å². The molecule has 2 aromatic rings. The summed E-state index contributed by atoms with van der Waals surface area (Å²) in [5.74, 6) is 0.541. The van der Waals surface area contributed by atoms with Gasteiger partial charge in [-0.25, -0.2) is 0 Å². The Kier molecular flexibility index (Phi) is 2.17. The maximum Gasteiger partial charge on any atom is 0.183 e. The lowest BCUT2D eigenvalue weighted by Crippen LogP contribution is -1.85. The Bertz CT molecular complexity index is 448. The van der Waals surface area contributed by atoms with Crippen molar-refractivity contribution >= 4 is 11.6 Å². The van der Waals surface area contributed by atoms with Gasteiger partial charge in [0.25, 0.3) is 0 Å². The van der Waals surface area contributed by atoms with Gasteiger partial charge in [0.05, 0.1) is 13.3 Å². The fourth-order valence-corrected chi connectivity index (χ4v) is 1.44. The fourth-order valence-electron chi connectivity index (χ4n) is 1.24. The van der Waals surface area contributed by atoms with E-state index in [1.807, 2.05) is 13.2 Å². The zero-order chi connectivity index (χ0) is 10.1. The molecule has 0 bridgehead atoms. The molecule has 5 nitrogen and oxygen atoms in total. The van der Waals surface area contributed by atoms with Gasteiger partial charge in [-0.3, -0.25) is 9.78 Å². The number of H-pyrrole nitrogens is 1. The third-order valence-corrected chi connectivity index (χ3v) is 2.12. The number of hydrogen-bond acceptors (Lipinski definition) is 3. The lowest BCUT2D eigenvalue weighted by atomic mass is 10.2. The minimum absolute atomic E-state index is 0.395. The summed E-state index contributed by atoms with van der Waals surface area (Å²) in [7, 11) is 3.39. The molecule has 0 radical (unpaired) electrons. The molecule has 74 valence electrons. The molecule has 0 amide bonds. The standard InChI is InChI=1S/C8H9ClN4O/c1-13-4-5(3-10-13)6-7(14-2)8(9)12-11-6/h3-4H,1-2H3,(H,11,12). The molecule has 0 fully saturated rings. The van der Waals surface area contributed by atoms with Gasteiger partial charge in [0, 0.05) is 18.8 Å². The molecule has 0 unspecified atom stereocenters. The number of nitrogens with one attached hydrogen (secondary N) is 1. The van der Waals surface area contributed by atoms with E-state index in [-0.39, 0.29) is 0 Å². The highest BCUT2D eigenvalue weighted by atomic mass is 35.5. The van der Waals surface area contributed by atoms with Gasteiger partial charge in [0.2, 0.25) is 0 Å². The molecule has 2 rings (SSSR count). The average molecular weight is 213 g/mol. The molecule has 0 saturated carbocycles. The second-order valence-electron chi connectivity index (χ2n) is 2.82. The monoisotopic (exact) mass is 212 g/mol. The Morgan fingerprint density at radius 3 is 2.93 bits per heavy atom. The van der Waals surface area contributed by atoms with E-state index in [4.69, 9.17) is 16.3 Å². The number of aryl methyl sites for hydroxylation is 1. The van der Waals surface area contributed by atoms with Crippen LogP contribution in [0.2, 0.25) is 5.15 Å². The summed E-state index contributed by atoms with van der Waals surface area (Å²) in [6.07, 6.45) is 3.55. The van der Waals surface area contributed by atoms with E-state index in [0.29, 0.717) is 16.6 Å². The first kappa shape index (κ1) is 9.08. The second kappa shape index (κ2) is 3.34. The Morgan fingerprint density at radius 1 is 1.57 bits per heavy atom. The number of nitrogens with zero attached hydrogens (tertiary/aromatic N) is 3. The maximum absolute atomic E-state index is 5.83. The van der Waals surface area contributed by atoms with Gasteiger partial charge in [-0.05, 0) is 0 Å². The third-order valence-electron chi connectivity index (χ3n) is 1.86. The second-order valence-corrected chi connectivity index (χ2v) is 3.20. The van der Waals surface area contributed by atoms with Crippen LogP contribution in [0, 0.1) is 0 Å². The first-order valence-electron chi connectivity index (χ1n) is 3.99. The smallest absolute Gasteiger partial charge is 0.183 e. The normalized spacial score (nSPS) is 10.5. The minimum atomic E-state index is 0.395. The molecule has 1 N–H and O–H groups in total. The summed E-state index contributed by atoms with van der Waals surface area (Å²) in [6.45, 7) is 0. The first-order chi connectivity index (χ1) is 6.72. The van der Waals surface area contributed by atoms with Crippen molar-refractivity contribution in [1.82, 2.24) is 20.0 Å². The van der Waals surface area contributed by atoms with Gasteiger partial charge in [-0.2, -0.15) is 10.2 Å². The van der Waals surface area contributed by atoms with Crippen molar-refractivity contribution in [2.24, 2.45) is 7.05 Å². The van der Waals surface area contributed by atoms with Crippen molar-refractivity contribution in [3.63, 3.8) is 0 Å². The van der Waals surface area contributed by atoms with Gasteiger partial charge in [-0.1, -0.05) is 11.6 Å². The zero-order valence-electron chi connectivity index (χ0n) is 7.78. The molecule has 6 heteroatoms. The first-order valence-corrected chi connectivity index (χ1v) is 4.37. The summed E-state index contributed by atoms with van der Waals surface area (Å²) < 4.78 is 6.81. The molecule has 0 atom stereocenters. The van der Waals surface area contributed by atoms with E-state index in [1.165, 1.54) is 0 Å². The predicted molar refractivity (Wildman–Crippen MR) is 52.4 cm³/mol. The molecular weight excluding hydrogens is 204 g/mol. The van der Waals surface area contributed by atoms with Crippen LogP contribution in [0.5, 0.6) is 5.75 Å². The van der Waals surface area contributed by atoms with E-state index >= 15 is 0 Å². The van der Waals surface area contributed by atoms with Crippen molar-refractivity contribution in [2.75, 3.05) is 7.11 Å². The number of rotatable bonds is 2. The molecular formula is C8H9ClN4O. The number of hydrogen-bond donors (Lipinski definition) is 1. The summed E-state index contributed by atoms with van der Waals surface area (Å²) >= 11 is 5.83. The third kappa shape index (κ3) is 1.35. The van der Waals surface area contributed by atoms with Crippen LogP contribution in [0.25, 0.3) is 11.3 Å². The van der Waals surface area contributed by atoms with Gasteiger partial charge >= 0.3 is 0 Å². The summed E-state index contributed by atoms with van der Waals surface area (Å²) in [4.78, 5) is 0. The van der Waals surface area contributed by atoms with Gasteiger partial charge in [0.15, 0.2) is 10.9 Å². The highest BCUT2D eigenvalue weighted by molar-refractivity contribution is 6.31. The molecule has 14 heavy (non-hydrogen) atoms. The quantitative estimate of drug-likeness (QED) is 0.820. The van der Waals surface area contributed by atoms with Gasteiger partial charge in [-0.15, -0.1) is 0 Å². The van der Waals surface area contributed by atoms with Crippen LogP contribution in [0.15, 0.2) is 12.4 Å². The molecule has 0 spiro atoms. The highest BCUT2D eigenvalue weighted by Gasteiger charge is 2.14. The molecule has 0 aliphatic carbocycles. The maximum atomic E-state index is 5.83. The van der Waals surface area contributed by atoms with E-state index in [1.54, 1.807) is 18.0 Å². The molecule has 0 aliphatic rings. The van der Waals surface area contributed by atoms with Crippen molar-refractivity contribution < 1.29 is 4.74 Å². The molecule has 2 aromatic heterocycles. The number of methoxy groups -OCH3 is 1. The molecule has 0 aliphatic heterocycles. The van der Waals surface area contributed by atoms with E-state index in [9.17, 15) is 0 Å². The van der Waals surface area contributed by atoms with Crippen LogP contribution in [0.1, 0.15) is 0 Å². The predicted octanol–water partition coefficient (Wildman–Crippen LogP) is 1.47. The lowest BCUT2D eigenvalue weighted by molar-refractivity contribution is 0.417. The Balaban J connectivity index is 2.51. The Labute approximate surface area is 85.6 Å². The molecule has 2 heterocycles. The highest BCUT2D eigenvalue weighted by Crippen LogP contribution is 2.32. The van der Waals surface area contributed by atoms with Crippen LogP contribution in [0.3, 0.4) is 0 Å². The van der Waals surface area contributed by atoms with Crippen LogP contribution >= 0.6 is 11.6 Å². The van der Waals surface area contributed by atoms with E-state index < -0.39 is 0 Å². The van der Waals surface area contributed by atoms with Crippen LogP contribution in [0.4, 0.5) is 0 Å². The van der Waals surface area contributed by atoms with E-state index in [2.05, 4.69) is 15.3 Å². The zero-order valence-corrected chi connectivity index (χ0v) is 8.54. The number of ether oxygens (including phenoxy) is 1. The fraction of sp³-hybridized carbons (Fsp3) is 0.250. The minimum Gasteiger partial charge on any atom is -0.491 e. The Morgan fingerprint density at radius 2 is 2.36 bits per heavy atom. The van der Waals surface area contributed by atoms with E-state index in [0.717, 1.165) is 5.56 Å². The van der Waals surface area contributed by atoms with Crippen LogP contribution in [-0.2, 0) is 7.05 Å². The van der Waals surface area contributed by atoms with Crippen LogP contribution < -0.4 is 4.74 Å². The van der Waals surface area contributed by atoms with Crippen molar-refractivity contribution in [2.45, 2.75) is 0 Å². The summed E-state index contributed by atoms with van der Waals surface area (Å²) in [6, 6.07) is 0. The van der Waals surface area contributed by atoms with Crippen molar-refractivity contribution in [3.05, 3.63) is 17.5 Å². The van der Waals surface area contributed by atoms with Gasteiger partial charge < -0.3 is 4.74 Å². The summed E-state index contributed by atoms with van der Waals surface area (Å²) in [5, 5.41) is 11.1. The molecule has 0 aromatic carbocycles. The largest absolute Gasteiger partial charge is 0.491 e. The van der Waals surface area contributed by atoms with Gasteiger partial charge in [0.1, 0.15) is 5.69 Å². The number of aromatic nitrogens is 4. The number of halogens is 1. The van der Waals surface area contributed by atoms with Crippen LogP contribution in [-0.4, -0.2) is 27.1 Å². The lowest BCUT2D eigenvalue weighted by Gasteiger charge is -1.97.